The highest BCUT2D eigenvalue weighted by atomic mass is 32.1. The first-order chi connectivity index (χ1) is 10.2. The average molecular weight is 301 g/mol. The summed E-state index contributed by atoms with van der Waals surface area (Å²) >= 11 is 1.69. The smallest absolute Gasteiger partial charge is 0.135 e. The van der Waals surface area contributed by atoms with Gasteiger partial charge in [0.05, 0.1) is 10.7 Å². The predicted octanol–water partition coefficient (Wildman–Crippen LogP) is 5.14. The number of hydrogen-bond donors (Lipinski definition) is 0. The average Bonchev–Trinajstić information content (AvgIpc) is 2.98. The molecule has 0 atom stereocenters. The molecule has 2 nitrogen and oxygen atoms in total. The molecule has 2 rings (SSSR count). The number of carbonyl (C=O) groups is 1. The van der Waals surface area contributed by atoms with Crippen molar-refractivity contribution < 1.29 is 4.79 Å². The van der Waals surface area contributed by atoms with Gasteiger partial charge in [-0.05, 0) is 25.7 Å². The van der Waals surface area contributed by atoms with Gasteiger partial charge in [0.1, 0.15) is 5.78 Å². The zero-order valence-electron chi connectivity index (χ0n) is 12.8. The van der Waals surface area contributed by atoms with Crippen LogP contribution in [0.2, 0.25) is 0 Å². The minimum atomic E-state index is 0.251. The van der Waals surface area contributed by atoms with Gasteiger partial charge in [-0.15, -0.1) is 11.3 Å². The van der Waals surface area contributed by atoms with Crippen LogP contribution < -0.4 is 0 Å². The van der Waals surface area contributed by atoms with Crippen LogP contribution in [0.4, 0.5) is 0 Å². The first kappa shape index (κ1) is 15.9. The molecule has 0 saturated heterocycles. The monoisotopic (exact) mass is 301 g/mol. The Morgan fingerprint density at radius 2 is 1.90 bits per heavy atom. The molecule has 0 aliphatic heterocycles. The Kier molecular flexibility index (Phi) is 6.12. The highest BCUT2D eigenvalue weighted by Crippen LogP contribution is 2.23. The fourth-order valence-corrected chi connectivity index (χ4v) is 3.38. The molecule has 0 saturated carbocycles. The van der Waals surface area contributed by atoms with Gasteiger partial charge >= 0.3 is 0 Å². The van der Waals surface area contributed by atoms with E-state index < -0.39 is 0 Å². The van der Waals surface area contributed by atoms with Crippen molar-refractivity contribution in [3.8, 4) is 11.3 Å². The van der Waals surface area contributed by atoms with Gasteiger partial charge in [-0.3, -0.25) is 4.79 Å². The minimum Gasteiger partial charge on any atom is -0.299 e. The summed E-state index contributed by atoms with van der Waals surface area (Å²) < 4.78 is 0. The SMILES string of the molecule is CCC(CC)C(=O)CCCc1nc(-c2ccccc2)cs1. The van der Waals surface area contributed by atoms with E-state index in [0.717, 1.165) is 41.9 Å². The predicted molar refractivity (Wildman–Crippen MR) is 89.6 cm³/mol. The molecule has 0 N–H and O–H groups in total. The number of thiazole rings is 1. The first-order valence-electron chi connectivity index (χ1n) is 7.77. The zero-order valence-corrected chi connectivity index (χ0v) is 13.7. The lowest BCUT2D eigenvalue weighted by molar-refractivity contribution is -0.123. The van der Waals surface area contributed by atoms with E-state index >= 15 is 0 Å². The van der Waals surface area contributed by atoms with Crippen molar-refractivity contribution in [2.75, 3.05) is 0 Å². The van der Waals surface area contributed by atoms with E-state index in [1.807, 2.05) is 18.2 Å². The van der Waals surface area contributed by atoms with Crippen molar-refractivity contribution in [3.05, 3.63) is 40.7 Å². The van der Waals surface area contributed by atoms with Gasteiger partial charge in [0.25, 0.3) is 0 Å². The Bertz CT molecular complexity index is 558. The molecular weight excluding hydrogens is 278 g/mol. The molecule has 1 aromatic carbocycles. The van der Waals surface area contributed by atoms with E-state index in [0.29, 0.717) is 12.2 Å². The number of benzene rings is 1. The van der Waals surface area contributed by atoms with Gasteiger partial charge in [-0.25, -0.2) is 4.98 Å². The summed E-state index contributed by atoms with van der Waals surface area (Å²) in [5.41, 5.74) is 2.20. The van der Waals surface area contributed by atoms with Crippen LogP contribution in [0.3, 0.4) is 0 Å². The number of carbonyl (C=O) groups excluding carboxylic acids is 1. The van der Waals surface area contributed by atoms with Crippen molar-refractivity contribution in [1.82, 2.24) is 4.98 Å². The maximum atomic E-state index is 12.0. The second-order valence-electron chi connectivity index (χ2n) is 5.33. The van der Waals surface area contributed by atoms with Crippen LogP contribution in [0.25, 0.3) is 11.3 Å². The topological polar surface area (TPSA) is 30.0 Å². The van der Waals surface area contributed by atoms with E-state index in [-0.39, 0.29) is 5.92 Å². The van der Waals surface area contributed by atoms with Crippen molar-refractivity contribution in [2.24, 2.45) is 5.92 Å². The standard InChI is InChI=1S/C18H23NOS/c1-3-14(4-2)17(20)11-8-12-18-19-16(13-21-18)15-9-6-5-7-10-15/h5-7,9-10,13-14H,3-4,8,11-12H2,1-2H3. The van der Waals surface area contributed by atoms with Crippen molar-refractivity contribution in [1.29, 1.82) is 0 Å². The summed E-state index contributed by atoms with van der Waals surface area (Å²) in [6.45, 7) is 4.19. The number of aryl methyl sites for hydroxylation is 1. The quantitative estimate of drug-likeness (QED) is 0.676. The van der Waals surface area contributed by atoms with Gasteiger partial charge in [0.2, 0.25) is 0 Å². The summed E-state index contributed by atoms with van der Waals surface area (Å²) in [4.78, 5) is 16.7. The van der Waals surface area contributed by atoms with E-state index in [4.69, 9.17) is 0 Å². The number of hydrogen-bond acceptors (Lipinski definition) is 3. The summed E-state index contributed by atoms with van der Waals surface area (Å²) in [5.74, 6) is 0.668. The van der Waals surface area contributed by atoms with Crippen LogP contribution in [-0.2, 0) is 11.2 Å². The summed E-state index contributed by atoms with van der Waals surface area (Å²) in [5, 5.41) is 3.24. The highest BCUT2D eigenvalue weighted by molar-refractivity contribution is 7.09. The van der Waals surface area contributed by atoms with Crippen molar-refractivity contribution in [2.45, 2.75) is 46.0 Å². The Labute approximate surface area is 131 Å². The maximum Gasteiger partial charge on any atom is 0.135 e. The van der Waals surface area contributed by atoms with Crippen LogP contribution in [0.5, 0.6) is 0 Å². The molecule has 0 amide bonds. The van der Waals surface area contributed by atoms with Gasteiger partial charge in [-0.2, -0.15) is 0 Å². The maximum absolute atomic E-state index is 12.0. The molecule has 21 heavy (non-hydrogen) atoms. The van der Waals surface area contributed by atoms with Crippen molar-refractivity contribution in [3.63, 3.8) is 0 Å². The largest absolute Gasteiger partial charge is 0.299 e. The molecule has 0 radical (unpaired) electrons. The molecule has 0 fully saturated rings. The van der Waals surface area contributed by atoms with Gasteiger partial charge in [0.15, 0.2) is 0 Å². The van der Waals surface area contributed by atoms with Crippen LogP contribution in [-0.4, -0.2) is 10.8 Å². The van der Waals surface area contributed by atoms with Gasteiger partial charge < -0.3 is 0 Å². The lowest BCUT2D eigenvalue weighted by atomic mass is 9.95. The third-order valence-corrected chi connectivity index (χ3v) is 4.78. The molecule has 2 aromatic rings. The molecule has 112 valence electrons. The summed E-state index contributed by atoms with van der Waals surface area (Å²) in [6.07, 6.45) is 4.43. The number of ketones is 1. The van der Waals surface area contributed by atoms with Crippen LogP contribution in [0, 0.1) is 5.92 Å². The summed E-state index contributed by atoms with van der Waals surface area (Å²) in [6, 6.07) is 10.2. The van der Waals surface area contributed by atoms with Gasteiger partial charge in [0, 0.05) is 23.3 Å². The molecule has 1 heterocycles. The van der Waals surface area contributed by atoms with Crippen molar-refractivity contribution >= 4 is 17.1 Å². The lowest BCUT2D eigenvalue weighted by Gasteiger charge is -2.09. The molecule has 3 heteroatoms. The zero-order chi connectivity index (χ0) is 15.1. The third-order valence-electron chi connectivity index (χ3n) is 3.88. The van der Waals surface area contributed by atoms with Crippen LogP contribution in [0.1, 0.15) is 44.5 Å². The molecule has 1 aromatic heterocycles. The lowest BCUT2D eigenvalue weighted by Crippen LogP contribution is -2.12. The Morgan fingerprint density at radius 1 is 1.19 bits per heavy atom. The van der Waals surface area contributed by atoms with Crippen LogP contribution in [0.15, 0.2) is 35.7 Å². The number of nitrogens with zero attached hydrogens (tertiary/aromatic N) is 1. The summed E-state index contributed by atoms with van der Waals surface area (Å²) in [7, 11) is 0. The van der Waals surface area contributed by atoms with Crippen LogP contribution >= 0.6 is 11.3 Å². The third kappa shape index (κ3) is 4.50. The van der Waals surface area contributed by atoms with E-state index in [9.17, 15) is 4.79 Å². The van der Waals surface area contributed by atoms with E-state index in [2.05, 4.69) is 36.3 Å². The Balaban J connectivity index is 1.85. The first-order valence-corrected chi connectivity index (χ1v) is 8.65. The second-order valence-corrected chi connectivity index (χ2v) is 6.27. The molecule has 0 spiro atoms. The Hall–Kier alpha value is -1.48. The Morgan fingerprint density at radius 3 is 2.57 bits per heavy atom. The fraction of sp³-hybridized carbons (Fsp3) is 0.444. The van der Waals surface area contributed by atoms with E-state index in [1.54, 1.807) is 11.3 Å². The molecule has 0 bridgehead atoms. The number of aromatic nitrogens is 1. The highest BCUT2D eigenvalue weighted by Gasteiger charge is 2.13. The normalized spacial score (nSPS) is 11.0. The molecule has 0 aliphatic rings. The second kappa shape index (κ2) is 8.08. The minimum absolute atomic E-state index is 0.251. The van der Waals surface area contributed by atoms with Gasteiger partial charge in [-0.1, -0.05) is 44.2 Å². The fourth-order valence-electron chi connectivity index (χ4n) is 2.53. The number of rotatable bonds is 8. The molecule has 0 unspecified atom stereocenters. The molecule has 0 aliphatic carbocycles. The number of Topliss-reactive ketones (excluding diaryl/α,β-unsaturated/α-hetero) is 1. The molecular formula is C18H23NOS. The van der Waals surface area contributed by atoms with E-state index in [1.165, 1.54) is 0 Å².